The number of esters is 1. The summed E-state index contributed by atoms with van der Waals surface area (Å²) in [7, 11) is 0. The van der Waals surface area contributed by atoms with Gasteiger partial charge in [0.1, 0.15) is 5.76 Å². The maximum Gasteiger partial charge on any atom is 0.331 e. The third-order valence-corrected chi connectivity index (χ3v) is 3.09. The van der Waals surface area contributed by atoms with Crippen molar-refractivity contribution < 1.29 is 13.9 Å². The highest BCUT2D eigenvalue weighted by Crippen LogP contribution is 2.40. The summed E-state index contributed by atoms with van der Waals surface area (Å²) in [6.07, 6.45) is 7.80. The summed E-state index contributed by atoms with van der Waals surface area (Å²) in [6, 6.07) is 3.70. The van der Waals surface area contributed by atoms with Gasteiger partial charge in [-0.15, -0.1) is 0 Å². The Labute approximate surface area is 95.1 Å². The molecule has 0 N–H and O–H groups in total. The zero-order valence-corrected chi connectivity index (χ0v) is 9.28. The molecule has 1 aromatic rings. The predicted octanol–water partition coefficient (Wildman–Crippen LogP) is 3.17. The molecule has 0 aliphatic heterocycles. The lowest BCUT2D eigenvalue weighted by Gasteiger charge is -2.34. The lowest BCUT2D eigenvalue weighted by molar-refractivity contribution is -0.161. The first kappa shape index (κ1) is 11.0. The fourth-order valence-corrected chi connectivity index (χ4v) is 2.29. The van der Waals surface area contributed by atoms with Crippen LogP contribution in [0.2, 0.25) is 0 Å². The van der Waals surface area contributed by atoms with E-state index >= 15 is 0 Å². The fraction of sp³-hybridized carbons (Fsp3) is 0.462. The first-order valence-corrected chi connectivity index (χ1v) is 5.66. The van der Waals surface area contributed by atoms with Crippen molar-refractivity contribution in [1.82, 2.24) is 0 Å². The summed E-state index contributed by atoms with van der Waals surface area (Å²) < 4.78 is 10.9. The first-order valence-electron chi connectivity index (χ1n) is 5.66. The molecule has 1 fully saturated rings. The van der Waals surface area contributed by atoms with Crippen molar-refractivity contribution in [3.8, 4) is 0 Å². The second-order valence-electron chi connectivity index (χ2n) is 4.16. The van der Waals surface area contributed by atoms with Crippen molar-refractivity contribution in [1.29, 1.82) is 0 Å². The molecule has 0 saturated heterocycles. The molecule has 1 aromatic heterocycles. The Hall–Kier alpha value is -1.51. The van der Waals surface area contributed by atoms with Gasteiger partial charge in [0.2, 0.25) is 0 Å². The first-order chi connectivity index (χ1) is 7.77. The minimum atomic E-state index is -0.562. The molecule has 1 aliphatic rings. The number of hydrogen-bond donors (Lipinski definition) is 0. The van der Waals surface area contributed by atoms with Crippen LogP contribution in [0.15, 0.2) is 35.5 Å². The van der Waals surface area contributed by atoms with Crippen molar-refractivity contribution >= 4 is 5.97 Å². The standard InChI is InChI=1S/C13H16O3/c1-2-12(14)16-13(8-4-3-5-9-13)11-7-6-10-15-11/h2,6-7,10H,1,3-5,8-9H2. The minimum absolute atomic E-state index is 0.377. The lowest BCUT2D eigenvalue weighted by Crippen LogP contribution is -2.33. The summed E-state index contributed by atoms with van der Waals surface area (Å²) >= 11 is 0. The van der Waals surface area contributed by atoms with Gasteiger partial charge in [-0.2, -0.15) is 0 Å². The van der Waals surface area contributed by atoms with Gasteiger partial charge in [0.15, 0.2) is 5.60 Å². The smallest absolute Gasteiger partial charge is 0.331 e. The molecule has 3 heteroatoms. The SMILES string of the molecule is C=CC(=O)OC1(c2ccco2)CCCCC1. The highest BCUT2D eigenvalue weighted by atomic mass is 16.6. The van der Waals surface area contributed by atoms with Crippen LogP contribution in [0.25, 0.3) is 0 Å². The molecule has 0 unspecified atom stereocenters. The van der Waals surface area contributed by atoms with Crippen LogP contribution in [0.4, 0.5) is 0 Å². The van der Waals surface area contributed by atoms with Gasteiger partial charge in [0.05, 0.1) is 6.26 Å². The Kier molecular flexibility index (Phi) is 3.13. The van der Waals surface area contributed by atoms with E-state index < -0.39 is 5.60 Å². The Morgan fingerprint density at radius 3 is 2.75 bits per heavy atom. The highest BCUT2D eigenvalue weighted by Gasteiger charge is 2.39. The summed E-state index contributed by atoms with van der Waals surface area (Å²) in [4.78, 5) is 11.4. The quantitative estimate of drug-likeness (QED) is 0.580. The molecule has 0 amide bonds. The zero-order valence-electron chi connectivity index (χ0n) is 9.28. The molecule has 0 radical (unpaired) electrons. The van der Waals surface area contributed by atoms with Crippen molar-refractivity contribution in [2.75, 3.05) is 0 Å². The van der Waals surface area contributed by atoms with Gasteiger partial charge in [-0.25, -0.2) is 4.79 Å². The van der Waals surface area contributed by atoms with Crippen LogP contribution in [0, 0.1) is 0 Å². The van der Waals surface area contributed by atoms with Crippen molar-refractivity contribution in [2.45, 2.75) is 37.7 Å². The summed E-state index contributed by atoms with van der Waals surface area (Å²) in [5.74, 6) is 0.376. The average Bonchev–Trinajstić information content (AvgIpc) is 2.84. The van der Waals surface area contributed by atoms with Crippen molar-refractivity contribution in [3.63, 3.8) is 0 Å². The zero-order chi connectivity index (χ0) is 11.4. The van der Waals surface area contributed by atoms with Crippen LogP contribution in [-0.2, 0) is 15.1 Å². The van der Waals surface area contributed by atoms with Gasteiger partial charge in [0, 0.05) is 6.08 Å². The van der Waals surface area contributed by atoms with Crippen LogP contribution in [-0.4, -0.2) is 5.97 Å². The van der Waals surface area contributed by atoms with Crippen molar-refractivity contribution in [2.24, 2.45) is 0 Å². The highest BCUT2D eigenvalue weighted by molar-refractivity contribution is 5.81. The van der Waals surface area contributed by atoms with Crippen LogP contribution in [0.1, 0.15) is 37.9 Å². The number of rotatable bonds is 3. The normalized spacial score (nSPS) is 19.0. The third-order valence-electron chi connectivity index (χ3n) is 3.09. The molecule has 1 aliphatic carbocycles. The molecular weight excluding hydrogens is 204 g/mol. The average molecular weight is 220 g/mol. The Balaban J connectivity index is 2.24. The summed E-state index contributed by atoms with van der Waals surface area (Å²) in [5.41, 5.74) is -0.562. The van der Waals surface area contributed by atoms with Gasteiger partial charge >= 0.3 is 5.97 Å². The summed E-state index contributed by atoms with van der Waals surface area (Å²) in [5, 5.41) is 0. The van der Waals surface area contributed by atoms with E-state index in [9.17, 15) is 4.79 Å². The molecule has 2 rings (SSSR count). The molecule has 1 heterocycles. The van der Waals surface area contributed by atoms with Crippen LogP contribution in [0.5, 0.6) is 0 Å². The molecular formula is C13H16O3. The van der Waals surface area contributed by atoms with Crippen LogP contribution in [0.3, 0.4) is 0 Å². The molecule has 0 spiro atoms. The van der Waals surface area contributed by atoms with E-state index in [1.165, 1.54) is 12.5 Å². The maximum atomic E-state index is 11.4. The van der Waals surface area contributed by atoms with E-state index in [0.717, 1.165) is 31.4 Å². The Morgan fingerprint density at radius 2 is 2.19 bits per heavy atom. The number of furan rings is 1. The van der Waals surface area contributed by atoms with Gasteiger partial charge in [-0.3, -0.25) is 0 Å². The van der Waals surface area contributed by atoms with E-state index in [1.54, 1.807) is 6.26 Å². The predicted molar refractivity (Wildman–Crippen MR) is 59.8 cm³/mol. The molecule has 1 saturated carbocycles. The topological polar surface area (TPSA) is 39.4 Å². The molecule has 3 nitrogen and oxygen atoms in total. The monoisotopic (exact) mass is 220 g/mol. The van der Waals surface area contributed by atoms with Gasteiger partial charge < -0.3 is 9.15 Å². The Bertz CT molecular complexity index is 359. The third kappa shape index (κ3) is 2.03. The van der Waals surface area contributed by atoms with Gasteiger partial charge in [-0.1, -0.05) is 13.0 Å². The lowest BCUT2D eigenvalue weighted by atomic mass is 9.83. The van der Waals surface area contributed by atoms with E-state index in [-0.39, 0.29) is 5.97 Å². The number of carbonyl (C=O) groups excluding carboxylic acids is 1. The second kappa shape index (κ2) is 4.56. The minimum Gasteiger partial charge on any atom is -0.465 e. The van der Waals surface area contributed by atoms with E-state index in [4.69, 9.17) is 9.15 Å². The number of ether oxygens (including phenoxy) is 1. The second-order valence-corrected chi connectivity index (χ2v) is 4.16. The van der Waals surface area contributed by atoms with Crippen molar-refractivity contribution in [3.05, 3.63) is 36.8 Å². The van der Waals surface area contributed by atoms with E-state index in [2.05, 4.69) is 6.58 Å². The molecule has 0 aromatic carbocycles. The summed E-state index contributed by atoms with van der Waals surface area (Å²) in [6.45, 7) is 3.43. The molecule has 86 valence electrons. The van der Waals surface area contributed by atoms with Gasteiger partial charge in [-0.05, 0) is 37.8 Å². The number of hydrogen-bond acceptors (Lipinski definition) is 3. The maximum absolute atomic E-state index is 11.4. The molecule has 0 bridgehead atoms. The molecule has 16 heavy (non-hydrogen) atoms. The fourth-order valence-electron chi connectivity index (χ4n) is 2.29. The Morgan fingerprint density at radius 1 is 1.44 bits per heavy atom. The van der Waals surface area contributed by atoms with E-state index in [1.807, 2.05) is 12.1 Å². The van der Waals surface area contributed by atoms with E-state index in [0.29, 0.717) is 0 Å². The molecule has 0 atom stereocenters. The van der Waals surface area contributed by atoms with Crippen LogP contribution >= 0.6 is 0 Å². The number of carbonyl (C=O) groups is 1. The van der Waals surface area contributed by atoms with Crippen LogP contribution < -0.4 is 0 Å². The largest absolute Gasteiger partial charge is 0.465 e. The van der Waals surface area contributed by atoms with Gasteiger partial charge in [0.25, 0.3) is 0 Å².